The number of nitriles is 1. The summed E-state index contributed by atoms with van der Waals surface area (Å²) in [5.41, 5.74) is 8.63. The van der Waals surface area contributed by atoms with Gasteiger partial charge in [0, 0.05) is 10.6 Å². The lowest BCUT2D eigenvalue weighted by Crippen LogP contribution is -2.10. The van der Waals surface area contributed by atoms with Crippen LogP contribution in [0.5, 0.6) is 0 Å². The van der Waals surface area contributed by atoms with E-state index in [1.807, 2.05) is 0 Å². The molecule has 1 aromatic carbocycles. The molecule has 0 aliphatic heterocycles. The van der Waals surface area contributed by atoms with Crippen LogP contribution in [0, 0.1) is 11.3 Å². The van der Waals surface area contributed by atoms with Crippen molar-refractivity contribution in [2.45, 2.75) is 0 Å². The zero-order chi connectivity index (χ0) is 13.4. The van der Waals surface area contributed by atoms with E-state index in [0.29, 0.717) is 5.69 Å². The maximum Gasteiger partial charge on any atom is 0.350 e. The molecule has 0 amide bonds. The van der Waals surface area contributed by atoms with Crippen LogP contribution in [0.3, 0.4) is 0 Å². The number of esters is 1. The Hall–Kier alpha value is -2.97. The van der Waals surface area contributed by atoms with Crippen LogP contribution in [0.15, 0.2) is 46.8 Å². The number of carbonyl (C=O) groups is 1. The highest BCUT2D eigenvalue weighted by Gasteiger charge is 2.15. The second kappa shape index (κ2) is 6.58. The molecule has 1 aromatic rings. The highest BCUT2D eigenvalue weighted by atomic mass is 16.5. The van der Waals surface area contributed by atoms with E-state index in [1.165, 1.54) is 0 Å². The second-order valence-electron chi connectivity index (χ2n) is 3.01. The molecule has 0 saturated carbocycles. The first-order valence-corrected chi connectivity index (χ1v) is 4.82. The number of ether oxygens (including phenoxy) is 1. The van der Waals surface area contributed by atoms with Gasteiger partial charge in [0.2, 0.25) is 0 Å². The third kappa shape index (κ3) is 3.27. The van der Waals surface area contributed by atoms with E-state index in [0.717, 1.165) is 7.11 Å². The van der Waals surface area contributed by atoms with Crippen LogP contribution in [0.2, 0.25) is 0 Å². The highest BCUT2D eigenvalue weighted by molar-refractivity contribution is 5.94. The number of hydrogen-bond donors (Lipinski definition) is 1. The molecule has 0 aromatic heterocycles. The quantitative estimate of drug-likeness (QED) is 0.218. The maximum absolute atomic E-state index is 11.3. The molecule has 0 saturated heterocycles. The number of nitrogens with one attached hydrogen (secondary N) is 1. The molecule has 0 aliphatic rings. The zero-order valence-electron chi connectivity index (χ0n) is 9.49. The average molecular weight is 243 g/mol. The number of carbonyl (C=O) groups excluding carboxylic acids is 1. The Morgan fingerprint density at radius 1 is 1.50 bits per heavy atom. The number of azide groups is 1. The summed E-state index contributed by atoms with van der Waals surface area (Å²) in [5, 5.41) is 14.8. The smallest absolute Gasteiger partial charge is 0.350 e. The highest BCUT2D eigenvalue weighted by Crippen LogP contribution is 2.14. The van der Waals surface area contributed by atoms with Gasteiger partial charge in [-0.15, -0.1) is 0 Å². The monoisotopic (exact) mass is 243 g/mol. The Morgan fingerprint density at radius 3 is 2.67 bits per heavy atom. The number of methoxy groups -OCH3 is 1. The van der Waals surface area contributed by atoms with Gasteiger partial charge in [0.15, 0.2) is 5.57 Å². The van der Waals surface area contributed by atoms with E-state index in [-0.39, 0.29) is 11.4 Å². The van der Waals surface area contributed by atoms with E-state index < -0.39 is 5.97 Å². The summed E-state index contributed by atoms with van der Waals surface area (Å²) in [6.45, 7) is 0. The Bertz CT molecular complexity index is 553. The van der Waals surface area contributed by atoms with Gasteiger partial charge in [-0.3, -0.25) is 0 Å². The summed E-state index contributed by atoms with van der Waals surface area (Å²) < 4.78 is 4.43. The normalized spacial score (nSPS) is 10.4. The van der Waals surface area contributed by atoms with Crippen LogP contribution in [-0.4, -0.2) is 13.1 Å². The number of anilines is 1. The maximum atomic E-state index is 11.3. The van der Waals surface area contributed by atoms with Crippen molar-refractivity contribution in [1.82, 2.24) is 0 Å². The van der Waals surface area contributed by atoms with Gasteiger partial charge in [-0.1, -0.05) is 18.2 Å². The number of para-hydroxylation sites is 1. The summed E-state index contributed by atoms with van der Waals surface area (Å²) >= 11 is 0. The van der Waals surface area contributed by atoms with Crippen LogP contribution in [-0.2, 0) is 9.53 Å². The van der Waals surface area contributed by atoms with Gasteiger partial charge in [-0.05, 0) is 22.8 Å². The average Bonchev–Trinajstić information content (AvgIpc) is 2.40. The van der Waals surface area contributed by atoms with Crippen molar-refractivity contribution in [3.63, 3.8) is 0 Å². The molecule has 0 unspecified atom stereocenters. The van der Waals surface area contributed by atoms with Gasteiger partial charge in [-0.25, -0.2) is 4.79 Å². The number of nitrogens with zero attached hydrogens (tertiary/aromatic N) is 4. The molecule has 1 N–H and O–H groups in total. The minimum absolute atomic E-state index is 0.196. The molecule has 0 heterocycles. The van der Waals surface area contributed by atoms with Crippen LogP contribution < -0.4 is 5.32 Å². The summed E-state index contributed by atoms with van der Waals surface area (Å²) in [7, 11) is 1.13. The van der Waals surface area contributed by atoms with Gasteiger partial charge in [-0.2, -0.15) is 5.26 Å². The van der Waals surface area contributed by atoms with Crippen molar-refractivity contribution in [1.29, 1.82) is 5.26 Å². The Labute approximate surface area is 103 Å². The number of benzene rings is 1. The predicted molar refractivity (Wildman–Crippen MR) is 63.9 cm³/mol. The van der Waals surface area contributed by atoms with Crippen molar-refractivity contribution in [3.05, 3.63) is 52.2 Å². The van der Waals surface area contributed by atoms with Gasteiger partial charge in [0.25, 0.3) is 0 Å². The lowest BCUT2D eigenvalue weighted by molar-refractivity contribution is -0.135. The summed E-state index contributed by atoms with van der Waals surface area (Å²) in [4.78, 5) is 13.9. The van der Waals surface area contributed by atoms with E-state index in [4.69, 9.17) is 10.8 Å². The third-order valence-electron chi connectivity index (χ3n) is 1.92. The lowest BCUT2D eigenvalue weighted by Gasteiger charge is -2.07. The third-order valence-corrected chi connectivity index (χ3v) is 1.92. The first kappa shape index (κ1) is 13.1. The van der Waals surface area contributed by atoms with Crippen LogP contribution in [0.25, 0.3) is 10.4 Å². The SMILES string of the molecule is COC(=O)/C(C#N)=C(/N=[N+]=[N-])Nc1ccccc1. The summed E-state index contributed by atoms with van der Waals surface area (Å²) in [5.74, 6) is -1.07. The van der Waals surface area contributed by atoms with Crippen molar-refractivity contribution < 1.29 is 9.53 Å². The fourth-order valence-electron chi connectivity index (χ4n) is 1.14. The molecule has 18 heavy (non-hydrogen) atoms. The van der Waals surface area contributed by atoms with Crippen molar-refractivity contribution >= 4 is 11.7 Å². The molecular weight excluding hydrogens is 234 g/mol. The molecule has 7 heteroatoms. The summed E-state index contributed by atoms with van der Waals surface area (Å²) in [6.07, 6.45) is 0. The molecule has 0 atom stereocenters. The van der Waals surface area contributed by atoms with Gasteiger partial charge < -0.3 is 10.1 Å². The standard InChI is InChI=1S/C11H9N5O2/c1-18-11(17)9(7-12)10(15-16-13)14-8-5-3-2-4-6-8/h2-6,14H,1H3/b10-9+. The van der Waals surface area contributed by atoms with Crippen molar-refractivity contribution in [3.8, 4) is 6.07 Å². The Balaban J connectivity index is 3.17. The molecule has 90 valence electrons. The summed E-state index contributed by atoms with van der Waals surface area (Å²) in [6, 6.07) is 10.3. The number of hydrogen-bond acceptors (Lipinski definition) is 5. The van der Waals surface area contributed by atoms with Gasteiger partial charge in [0.1, 0.15) is 11.9 Å². The van der Waals surface area contributed by atoms with Crippen LogP contribution >= 0.6 is 0 Å². The molecule has 0 aliphatic carbocycles. The van der Waals surface area contributed by atoms with Crippen molar-refractivity contribution in [2.75, 3.05) is 12.4 Å². The van der Waals surface area contributed by atoms with Gasteiger partial charge in [0.05, 0.1) is 7.11 Å². The Morgan fingerprint density at radius 2 is 2.17 bits per heavy atom. The van der Waals surface area contributed by atoms with Crippen LogP contribution in [0.1, 0.15) is 0 Å². The second-order valence-corrected chi connectivity index (χ2v) is 3.01. The van der Waals surface area contributed by atoms with Crippen LogP contribution in [0.4, 0.5) is 5.69 Å². The molecule has 0 radical (unpaired) electrons. The zero-order valence-corrected chi connectivity index (χ0v) is 9.49. The molecule has 0 fully saturated rings. The first-order chi connectivity index (χ1) is 8.72. The molecule has 1 rings (SSSR count). The van der Waals surface area contributed by atoms with Crippen molar-refractivity contribution in [2.24, 2.45) is 5.11 Å². The molecular formula is C11H9N5O2. The lowest BCUT2D eigenvalue weighted by atomic mass is 10.2. The fraction of sp³-hybridized carbons (Fsp3) is 0.0909. The topological polar surface area (TPSA) is 111 Å². The van der Waals surface area contributed by atoms with E-state index >= 15 is 0 Å². The fourth-order valence-corrected chi connectivity index (χ4v) is 1.14. The van der Waals surface area contributed by atoms with E-state index in [9.17, 15) is 4.79 Å². The minimum Gasteiger partial charge on any atom is -0.465 e. The Kier molecular flexibility index (Phi) is 4.79. The van der Waals surface area contributed by atoms with E-state index in [2.05, 4.69) is 20.1 Å². The van der Waals surface area contributed by atoms with Gasteiger partial charge >= 0.3 is 5.97 Å². The molecule has 7 nitrogen and oxygen atoms in total. The largest absolute Gasteiger partial charge is 0.465 e. The minimum atomic E-state index is -0.872. The molecule has 0 bridgehead atoms. The number of rotatable bonds is 4. The molecule has 0 spiro atoms. The predicted octanol–water partition coefficient (Wildman–Crippen LogP) is 2.32. The van der Waals surface area contributed by atoms with E-state index in [1.54, 1.807) is 36.4 Å². The first-order valence-electron chi connectivity index (χ1n) is 4.82.